The number of Topliss-reactive ketones (excluding diaryl/α,β-unsaturated/α-hetero) is 2. The first kappa shape index (κ1) is 19.6. The van der Waals surface area contributed by atoms with Crippen LogP contribution in [0.1, 0.15) is 53.4 Å². The van der Waals surface area contributed by atoms with Crippen molar-refractivity contribution >= 4 is 34.9 Å². The quantitative estimate of drug-likeness (QED) is 0.363. The first-order valence-electron chi connectivity index (χ1n) is 6.80. The highest BCUT2D eigenvalue weighted by Crippen LogP contribution is 2.02. The van der Waals surface area contributed by atoms with E-state index in [9.17, 15) is 19.2 Å². The minimum Gasteiger partial charge on any atom is -0.318 e. The first-order valence-corrected chi connectivity index (χ1v) is 6.80. The minimum atomic E-state index is -0.615. The maximum Gasteiger partial charge on any atom is 0.334 e. The fraction of sp³-hybridized carbons (Fsp3) is 0.571. The van der Waals surface area contributed by atoms with E-state index in [-0.39, 0.29) is 42.3 Å². The van der Waals surface area contributed by atoms with Crippen molar-refractivity contribution in [2.75, 3.05) is 0 Å². The monoisotopic (exact) mass is 312 g/mol. The van der Waals surface area contributed by atoms with Crippen molar-refractivity contribution in [2.45, 2.75) is 53.4 Å². The molecule has 8 heteroatoms. The number of hydrogen-bond donors (Lipinski definition) is 0. The molecule has 0 aromatic rings. The predicted octanol–water partition coefficient (Wildman–Crippen LogP) is 1.56. The fourth-order valence-corrected chi connectivity index (χ4v) is 1.19. The Bertz CT molecular complexity index is 507. The molecule has 0 amide bonds. The molecule has 0 saturated heterocycles. The van der Waals surface area contributed by atoms with Crippen LogP contribution in [0.15, 0.2) is 10.3 Å². The molecule has 0 bridgehead atoms. The molecule has 0 spiro atoms. The molecule has 0 unspecified atom stereocenters. The zero-order chi connectivity index (χ0) is 17.1. The van der Waals surface area contributed by atoms with Crippen LogP contribution in [-0.2, 0) is 28.9 Å². The largest absolute Gasteiger partial charge is 0.334 e. The summed E-state index contributed by atoms with van der Waals surface area (Å²) in [5.41, 5.74) is 0.129. The molecule has 0 rings (SSSR count). The highest BCUT2D eigenvalue weighted by Gasteiger charge is 2.12. The van der Waals surface area contributed by atoms with E-state index in [0.717, 1.165) is 0 Å². The van der Waals surface area contributed by atoms with E-state index in [0.29, 0.717) is 6.42 Å². The highest BCUT2D eigenvalue weighted by molar-refractivity contribution is 6.40. The number of nitrogens with zero attached hydrogens (tertiary/aromatic N) is 2. The van der Waals surface area contributed by atoms with E-state index < -0.39 is 11.9 Å². The maximum atomic E-state index is 11.7. The van der Waals surface area contributed by atoms with Crippen molar-refractivity contribution in [1.29, 1.82) is 0 Å². The fourth-order valence-electron chi connectivity index (χ4n) is 1.19. The Labute approximate surface area is 128 Å². The second-order valence-electron chi connectivity index (χ2n) is 4.45. The molecular formula is C14H20N2O6. The highest BCUT2D eigenvalue weighted by atomic mass is 16.7. The molecule has 0 aliphatic heterocycles. The summed E-state index contributed by atoms with van der Waals surface area (Å²) in [6.45, 7) is 5.64. The van der Waals surface area contributed by atoms with E-state index in [1.807, 2.05) is 0 Å². The standard InChI is InChI=1S/C14H20N2O6/c1-5-14(20)22-16-10(3)13(19)8-6-7-12(18)9(2)15-21-11(4)17/h5-8H2,1-4H3. The smallest absolute Gasteiger partial charge is 0.318 e. The van der Waals surface area contributed by atoms with Crippen LogP contribution in [0.25, 0.3) is 0 Å². The van der Waals surface area contributed by atoms with Crippen molar-refractivity contribution in [1.82, 2.24) is 0 Å². The van der Waals surface area contributed by atoms with E-state index in [4.69, 9.17) is 0 Å². The van der Waals surface area contributed by atoms with Crippen LogP contribution in [-0.4, -0.2) is 34.9 Å². The molecule has 0 aliphatic carbocycles. The lowest BCUT2D eigenvalue weighted by Gasteiger charge is -2.01. The molecule has 0 fully saturated rings. The maximum absolute atomic E-state index is 11.7. The first-order chi connectivity index (χ1) is 10.3. The molecule has 0 radical (unpaired) electrons. The second-order valence-corrected chi connectivity index (χ2v) is 4.45. The molecule has 0 aromatic heterocycles. The topological polar surface area (TPSA) is 111 Å². The number of oxime groups is 2. The third-order valence-electron chi connectivity index (χ3n) is 2.50. The lowest BCUT2D eigenvalue weighted by atomic mass is 10.1. The van der Waals surface area contributed by atoms with Gasteiger partial charge in [0.05, 0.1) is 0 Å². The Hall–Kier alpha value is -2.38. The molecule has 0 heterocycles. The molecule has 0 saturated carbocycles. The van der Waals surface area contributed by atoms with Crippen LogP contribution in [0.4, 0.5) is 0 Å². The van der Waals surface area contributed by atoms with Gasteiger partial charge in [0, 0.05) is 26.2 Å². The lowest BCUT2D eigenvalue weighted by Crippen LogP contribution is -2.15. The lowest BCUT2D eigenvalue weighted by molar-refractivity contribution is -0.143. The summed E-state index contributed by atoms with van der Waals surface area (Å²) in [5, 5.41) is 6.79. The van der Waals surface area contributed by atoms with Gasteiger partial charge < -0.3 is 9.68 Å². The third-order valence-corrected chi connectivity index (χ3v) is 2.50. The van der Waals surface area contributed by atoms with Crippen molar-refractivity contribution in [3.63, 3.8) is 0 Å². The summed E-state index contributed by atoms with van der Waals surface area (Å²) in [5.74, 6) is -1.78. The van der Waals surface area contributed by atoms with Gasteiger partial charge in [-0.2, -0.15) is 0 Å². The molecule has 0 N–H and O–H groups in total. The zero-order valence-corrected chi connectivity index (χ0v) is 13.2. The molecule has 0 atom stereocenters. The van der Waals surface area contributed by atoms with Gasteiger partial charge in [-0.1, -0.05) is 17.2 Å². The van der Waals surface area contributed by atoms with Gasteiger partial charge >= 0.3 is 11.9 Å². The summed E-state index contributed by atoms with van der Waals surface area (Å²) in [6, 6.07) is 0. The summed E-state index contributed by atoms with van der Waals surface area (Å²) >= 11 is 0. The second kappa shape index (κ2) is 10.4. The zero-order valence-electron chi connectivity index (χ0n) is 13.2. The van der Waals surface area contributed by atoms with E-state index in [2.05, 4.69) is 20.0 Å². The Morgan fingerprint density at radius 1 is 0.818 bits per heavy atom. The van der Waals surface area contributed by atoms with Gasteiger partial charge in [-0.3, -0.25) is 9.59 Å². The predicted molar refractivity (Wildman–Crippen MR) is 78.2 cm³/mol. The van der Waals surface area contributed by atoms with Gasteiger partial charge in [0.25, 0.3) is 0 Å². The Balaban J connectivity index is 4.21. The van der Waals surface area contributed by atoms with Gasteiger partial charge in [0.1, 0.15) is 11.4 Å². The summed E-state index contributed by atoms with van der Waals surface area (Å²) in [6.07, 6.45) is 0.634. The molecule has 0 aromatic carbocycles. The molecule has 122 valence electrons. The van der Waals surface area contributed by atoms with E-state index in [1.165, 1.54) is 20.8 Å². The van der Waals surface area contributed by atoms with Crippen molar-refractivity contribution in [3.05, 3.63) is 0 Å². The van der Waals surface area contributed by atoms with E-state index >= 15 is 0 Å². The van der Waals surface area contributed by atoms with Gasteiger partial charge in [-0.25, -0.2) is 9.59 Å². The summed E-state index contributed by atoms with van der Waals surface area (Å²) in [4.78, 5) is 53.6. The Kier molecular flexibility index (Phi) is 9.24. The van der Waals surface area contributed by atoms with E-state index in [1.54, 1.807) is 6.92 Å². The van der Waals surface area contributed by atoms with Crippen molar-refractivity contribution in [3.8, 4) is 0 Å². The number of carbonyl (C=O) groups is 4. The van der Waals surface area contributed by atoms with Crippen molar-refractivity contribution < 1.29 is 28.9 Å². The Morgan fingerprint density at radius 2 is 1.27 bits per heavy atom. The third kappa shape index (κ3) is 8.72. The van der Waals surface area contributed by atoms with Gasteiger partial charge in [0.15, 0.2) is 11.6 Å². The molecule has 0 aliphatic rings. The molecule has 8 nitrogen and oxygen atoms in total. The van der Waals surface area contributed by atoms with Crippen LogP contribution < -0.4 is 0 Å². The van der Waals surface area contributed by atoms with Crippen molar-refractivity contribution in [2.24, 2.45) is 10.3 Å². The minimum absolute atomic E-state index is 0.0601. The van der Waals surface area contributed by atoms with Crippen LogP contribution in [0, 0.1) is 0 Å². The average Bonchev–Trinajstić information content (AvgIpc) is 2.49. The van der Waals surface area contributed by atoms with Crippen LogP contribution >= 0.6 is 0 Å². The summed E-state index contributed by atoms with van der Waals surface area (Å²) < 4.78 is 0. The van der Waals surface area contributed by atoms with Gasteiger partial charge in [0.2, 0.25) is 0 Å². The number of hydrogen-bond acceptors (Lipinski definition) is 8. The van der Waals surface area contributed by atoms with Gasteiger partial charge in [-0.05, 0) is 20.3 Å². The van der Waals surface area contributed by atoms with Gasteiger partial charge in [-0.15, -0.1) is 0 Å². The van der Waals surface area contributed by atoms with Crippen LogP contribution in [0.3, 0.4) is 0 Å². The Morgan fingerprint density at radius 3 is 1.68 bits per heavy atom. The summed E-state index contributed by atoms with van der Waals surface area (Å²) in [7, 11) is 0. The molecule has 22 heavy (non-hydrogen) atoms. The molecular weight excluding hydrogens is 292 g/mol. The number of carbonyl (C=O) groups excluding carboxylic acids is 4. The van der Waals surface area contributed by atoms with Crippen LogP contribution in [0.5, 0.6) is 0 Å². The normalized spacial score (nSPS) is 11.8. The average molecular weight is 312 g/mol. The number of rotatable bonds is 9. The number of ketones is 2. The SMILES string of the molecule is CCC(=O)ON=C(C)C(=O)CCCC(=O)C(C)=NOC(C)=O. The van der Waals surface area contributed by atoms with Crippen LogP contribution in [0.2, 0.25) is 0 Å².